The van der Waals surface area contributed by atoms with E-state index in [1.54, 1.807) is 34.1 Å². The van der Waals surface area contributed by atoms with E-state index in [1.807, 2.05) is 49.9 Å². The zero-order chi connectivity index (χ0) is 39.8. The molecule has 3 heterocycles. The van der Waals surface area contributed by atoms with Crippen LogP contribution in [0.25, 0.3) is 5.57 Å². The molecule has 2 bridgehead atoms. The molecule has 3 aromatic rings. The number of hydrogen-bond donors (Lipinski definition) is 1. The number of piperazine rings is 1. The quantitative estimate of drug-likeness (QED) is 0.180. The van der Waals surface area contributed by atoms with Crippen LogP contribution in [0, 0.1) is 20.8 Å². The zero-order valence-electron chi connectivity index (χ0n) is 32.2. The van der Waals surface area contributed by atoms with Crippen molar-refractivity contribution in [1.29, 1.82) is 0 Å². The average Bonchev–Trinajstić information content (AvgIpc) is 3.85. The van der Waals surface area contributed by atoms with Crippen LogP contribution in [0.4, 0.5) is 9.59 Å². The number of carboxylic acid groups (broad SMARTS) is 1. The molecule has 55 heavy (non-hydrogen) atoms. The molecule has 0 radical (unpaired) electrons. The van der Waals surface area contributed by atoms with Gasteiger partial charge in [0.05, 0.1) is 47.3 Å². The minimum absolute atomic E-state index is 0.00497. The number of nitrogens with zero attached hydrogens (tertiary/aromatic N) is 4. The molecule has 2 fully saturated rings. The number of methoxy groups -OCH3 is 1. The van der Waals surface area contributed by atoms with Gasteiger partial charge in [0.2, 0.25) is 0 Å². The largest absolute Gasteiger partial charge is 0.496 e. The van der Waals surface area contributed by atoms with Crippen molar-refractivity contribution in [3.8, 4) is 11.5 Å². The molecular formula is C40H48Cl2N4O8S. The molecule has 1 N–H and O–H groups in total. The topological polar surface area (TPSA) is 131 Å². The van der Waals surface area contributed by atoms with Gasteiger partial charge in [-0.15, -0.1) is 11.3 Å². The molecule has 1 unspecified atom stereocenters. The van der Waals surface area contributed by atoms with Crippen molar-refractivity contribution in [3.63, 3.8) is 0 Å². The van der Waals surface area contributed by atoms with Crippen LogP contribution in [0.1, 0.15) is 72.2 Å². The molecule has 1 aromatic heterocycles. The van der Waals surface area contributed by atoms with Crippen LogP contribution >= 0.6 is 34.5 Å². The summed E-state index contributed by atoms with van der Waals surface area (Å²) in [5.74, 6) is 0.885. The maximum atomic E-state index is 15.1. The highest BCUT2D eigenvalue weighted by atomic mass is 35.5. The summed E-state index contributed by atoms with van der Waals surface area (Å²) in [4.78, 5) is 51.5. The normalized spacial score (nSPS) is 18.3. The van der Waals surface area contributed by atoms with Crippen molar-refractivity contribution in [3.05, 3.63) is 78.2 Å². The summed E-state index contributed by atoms with van der Waals surface area (Å²) in [6.45, 7) is 12.3. The van der Waals surface area contributed by atoms with Gasteiger partial charge >= 0.3 is 12.2 Å². The van der Waals surface area contributed by atoms with Crippen molar-refractivity contribution in [2.24, 2.45) is 0 Å². The van der Waals surface area contributed by atoms with Gasteiger partial charge in [-0.2, -0.15) is 0 Å². The second-order valence-corrected chi connectivity index (χ2v) is 17.1. The van der Waals surface area contributed by atoms with Gasteiger partial charge in [0.1, 0.15) is 23.0 Å². The third kappa shape index (κ3) is 9.01. The van der Waals surface area contributed by atoms with Gasteiger partial charge in [-0.1, -0.05) is 35.3 Å². The molecule has 2 aliphatic heterocycles. The molecular weight excluding hydrogens is 767 g/mol. The van der Waals surface area contributed by atoms with Crippen molar-refractivity contribution in [2.45, 2.75) is 97.7 Å². The fourth-order valence-electron chi connectivity index (χ4n) is 7.14. The van der Waals surface area contributed by atoms with E-state index >= 15 is 4.79 Å². The van der Waals surface area contributed by atoms with Crippen LogP contribution in [0.2, 0.25) is 10.0 Å². The number of halogens is 2. The van der Waals surface area contributed by atoms with E-state index in [0.717, 1.165) is 51.3 Å². The minimum atomic E-state index is -1.14. The number of amides is 3. The summed E-state index contributed by atoms with van der Waals surface area (Å²) >= 11 is 14.3. The second kappa shape index (κ2) is 16.6. The molecule has 1 saturated heterocycles. The molecule has 2 atom stereocenters. The van der Waals surface area contributed by atoms with E-state index < -0.39 is 29.9 Å². The predicted molar refractivity (Wildman–Crippen MR) is 211 cm³/mol. The number of ether oxygens (including phenoxy) is 4. The highest BCUT2D eigenvalue weighted by Crippen LogP contribution is 2.43. The maximum Gasteiger partial charge on any atom is 0.410 e. The Hall–Kier alpha value is -4.04. The third-order valence-electron chi connectivity index (χ3n) is 10.2. The number of thiazole rings is 1. The van der Waals surface area contributed by atoms with E-state index in [1.165, 1.54) is 21.1 Å². The minimum Gasteiger partial charge on any atom is -0.496 e. The van der Waals surface area contributed by atoms with Crippen molar-refractivity contribution < 1.29 is 38.4 Å². The first-order valence-corrected chi connectivity index (χ1v) is 19.9. The lowest BCUT2D eigenvalue weighted by molar-refractivity contribution is -0.129. The summed E-state index contributed by atoms with van der Waals surface area (Å²) < 4.78 is 23.1. The standard InChI is InChI=1S/C40H48Cl2N4O8S/c1-22-15-29(41)36(35(42)23(22)2)53-14-13-52-21-33-43-17-32(55-33)28-16-27-19-44(39(50)54-40(4,5)6)20-30(46(27)38(48)49)34(28)37(47)45(26-11-12-26)18-25-9-8-10-31(51-7)24(25)3/h8-10,15,17,26-27,30H,11-14,16,18-21H2,1-7H3,(H,48,49)/t27?,30-/m1/s1. The fourth-order valence-corrected chi connectivity index (χ4v) is 8.73. The number of hydrogen-bond acceptors (Lipinski definition) is 9. The van der Waals surface area contributed by atoms with Crippen LogP contribution in [-0.2, 0) is 27.4 Å². The van der Waals surface area contributed by atoms with Crippen molar-refractivity contribution in [2.75, 3.05) is 33.4 Å². The molecule has 15 heteroatoms. The SMILES string of the molecule is COc1cccc(CN(C(=O)C2=C(c3cnc(COCCOc4c(Cl)cc(C)c(C)c4Cl)s3)CC3CN(C(=O)OC(C)(C)C)C[C@H]2N3C(=O)O)C2CC2)c1C. The molecule has 3 amide bonds. The molecule has 2 aromatic carbocycles. The average molecular weight is 816 g/mol. The van der Waals surface area contributed by atoms with Crippen LogP contribution in [0.15, 0.2) is 36.0 Å². The number of fused-ring (bicyclic) bond motifs is 2. The number of carbonyl (C=O) groups is 3. The maximum absolute atomic E-state index is 15.1. The summed E-state index contributed by atoms with van der Waals surface area (Å²) in [7, 11) is 1.62. The fraction of sp³-hybridized carbons (Fsp3) is 0.500. The van der Waals surface area contributed by atoms with Gasteiger partial charge in [-0.3, -0.25) is 9.69 Å². The van der Waals surface area contributed by atoms with Crippen molar-refractivity contribution in [1.82, 2.24) is 19.7 Å². The Morgan fingerprint density at radius 1 is 1.07 bits per heavy atom. The lowest BCUT2D eigenvalue weighted by Gasteiger charge is -2.50. The summed E-state index contributed by atoms with van der Waals surface area (Å²) in [5.41, 5.74) is 4.08. The Morgan fingerprint density at radius 3 is 2.49 bits per heavy atom. The van der Waals surface area contributed by atoms with Gasteiger partial charge in [0.15, 0.2) is 5.75 Å². The van der Waals surface area contributed by atoms with Crippen LogP contribution in [-0.4, -0.2) is 100 Å². The van der Waals surface area contributed by atoms with E-state index in [4.69, 9.17) is 42.1 Å². The van der Waals surface area contributed by atoms with E-state index in [0.29, 0.717) is 32.9 Å². The van der Waals surface area contributed by atoms with Gasteiger partial charge in [-0.05, 0) is 101 Å². The van der Waals surface area contributed by atoms with Crippen LogP contribution < -0.4 is 9.47 Å². The highest BCUT2D eigenvalue weighted by molar-refractivity contribution is 7.12. The molecule has 6 rings (SSSR count). The third-order valence-corrected chi connectivity index (χ3v) is 12.0. The molecule has 0 spiro atoms. The Balaban J connectivity index is 1.29. The van der Waals surface area contributed by atoms with E-state index in [9.17, 15) is 14.7 Å². The second-order valence-electron chi connectivity index (χ2n) is 15.2. The number of aromatic nitrogens is 1. The predicted octanol–water partition coefficient (Wildman–Crippen LogP) is 8.30. The van der Waals surface area contributed by atoms with Gasteiger partial charge in [-0.25, -0.2) is 14.6 Å². The van der Waals surface area contributed by atoms with Gasteiger partial charge < -0.3 is 33.9 Å². The first-order valence-electron chi connectivity index (χ1n) is 18.3. The highest BCUT2D eigenvalue weighted by Gasteiger charge is 2.50. The lowest BCUT2D eigenvalue weighted by atomic mass is 9.83. The smallest absolute Gasteiger partial charge is 0.410 e. The Morgan fingerprint density at radius 2 is 1.82 bits per heavy atom. The Kier molecular flexibility index (Phi) is 12.3. The first kappa shape index (κ1) is 40.6. The molecule has 296 valence electrons. The summed E-state index contributed by atoms with van der Waals surface area (Å²) in [6.07, 6.45) is 1.93. The van der Waals surface area contributed by atoms with E-state index in [2.05, 4.69) is 4.98 Å². The molecule has 1 saturated carbocycles. The Labute approximate surface area is 335 Å². The lowest BCUT2D eigenvalue weighted by Crippen LogP contribution is -2.65. The zero-order valence-corrected chi connectivity index (χ0v) is 34.6. The molecule has 3 aliphatic rings. The van der Waals surface area contributed by atoms with Crippen LogP contribution in [0.5, 0.6) is 11.5 Å². The van der Waals surface area contributed by atoms with Crippen molar-refractivity contribution >= 4 is 58.2 Å². The number of rotatable bonds is 12. The summed E-state index contributed by atoms with van der Waals surface area (Å²) in [6, 6.07) is 6.05. The number of aryl methyl sites for hydroxylation is 1. The van der Waals surface area contributed by atoms with E-state index in [-0.39, 0.29) is 51.3 Å². The monoisotopic (exact) mass is 814 g/mol. The molecule has 1 aliphatic carbocycles. The Bertz CT molecular complexity index is 1990. The molecule has 12 nitrogen and oxygen atoms in total. The van der Waals surface area contributed by atoms with Gasteiger partial charge in [0.25, 0.3) is 5.91 Å². The first-order chi connectivity index (χ1) is 26.1. The number of carbonyl (C=O) groups excluding carboxylic acids is 2. The summed E-state index contributed by atoms with van der Waals surface area (Å²) in [5, 5.41) is 12.1. The number of benzene rings is 2. The van der Waals surface area contributed by atoms with Gasteiger partial charge in [0, 0.05) is 37.4 Å². The van der Waals surface area contributed by atoms with Crippen LogP contribution in [0.3, 0.4) is 0 Å².